The molecule has 1 aliphatic carbocycles. The lowest BCUT2D eigenvalue weighted by Crippen LogP contribution is -2.69. The number of aliphatic hydroxyl groups excluding tert-OH is 5. The van der Waals surface area contributed by atoms with Crippen molar-refractivity contribution >= 4 is 0 Å². The highest BCUT2D eigenvalue weighted by Gasteiger charge is 2.52. The minimum atomic E-state index is -1.63. The van der Waals surface area contributed by atoms with Gasteiger partial charge >= 0.3 is 0 Å². The van der Waals surface area contributed by atoms with E-state index >= 15 is 0 Å². The average molecular weight is 483 g/mol. The molecule has 0 bridgehead atoms. The van der Waals surface area contributed by atoms with E-state index in [2.05, 4.69) is 5.32 Å². The lowest BCUT2D eigenvalue weighted by molar-refractivity contribution is -0.329. The fourth-order valence-corrected chi connectivity index (χ4v) is 4.74. The molecule has 2 heterocycles. The molecule has 0 aromatic heterocycles. The molecule has 14 nitrogen and oxygen atoms in total. The van der Waals surface area contributed by atoms with Crippen molar-refractivity contribution in [1.82, 2.24) is 5.32 Å². The summed E-state index contributed by atoms with van der Waals surface area (Å²) in [6.45, 7) is 1.22. The molecule has 1 saturated carbocycles. The molecule has 14 heteroatoms. The van der Waals surface area contributed by atoms with Crippen LogP contribution in [-0.4, -0.2) is 136 Å². The molecule has 3 fully saturated rings. The van der Waals surface area contributed by atoms with E-state index in [1.807, 2.05) is 0 Å². The Bertz CT molecular complexity index is 646. The highest BCUT2D eigenvalue weighted by molar-refractivity contribution is 5.02. The first-order valence-corrected chi connectivity index (χ1v) is 11.0. The monoisotopic (exact) mass is 482 g/mol. The van der Waals surface area contributed by atoms with Crippen LogP contribution in [0.25, 0.3) is 0 Å². The molecular formula is C19H38N4O10. The highest BCUT2D eigenvalue weighted by atomic mass is 16.7. The second kappa shape index (κ2) is 10.6. The van der Waals surface area contributed by atoms with Crippen LogP contribution in [0.2, 0.25) is 0 Å². The van der Waals surface area contributed by atoms with Gasteiger partial charge in [0.2, 0.25) is 0 Å². The summed E-state index contributed by atoms with van der Waals surface area (Å²) in [7, 11) is 1.57. The van der Waals surface area contributed by atoms with Crippen molar-refractivity contribution in [2.75, 3.05) is 20.2 Å². The second-order valence-electron chi connectivity index (χ2n) is 9.30. The predicted molar refractivity (Wildman–Crippen MR) is 111 cm³/mol. The van der Waals surface area contributed by atoms with Gasteiger partial charge < -0.3 is 72.1 Å². The van der Waals surface area contributed by atoms with Gasteiger partial charge in [-0.3, -0.25) is 0 Å². The molecule has 13 N–H and O–H groups in total. The van der Waals surface area contributed by atoms with E-state index in [9.17, 15) is 30.6 Å². The van der Waals surface area contributed by atoms with Crippen LogP contribution in [0.15, 0.2) is 0 Å². The summed E-state index contributed by atoms with van der Waals surface area (Å²) >= 11 is 0. The summed E-state index contributed by atoms with van der Waals surface area (Å²) in [5.41, 5.74) is 16.5. The lowest BCUT2D eigenvalue weighted by Gasteiger charge is -2.48. The van der Waals surface area contributed by atoms with E-state index in [4.69, 9.17) is 36.1 Å². The zero-order valence-electron chi connectivity index (χ0n) is 18.7. The second-order valence-corrected chi connectivity index (χ2v) is 9.30. The number of hydrogen-bond donors (Lipinski definition) is 10. The van der Waals surface area contributed by atoms with E-state index in [-0.39, 0.29) is 19.6 Å². The lowest BCUT2D eigenvalue weighted by atomic mass is 9.84. The molecule has 33 heavy (non-hydrogen) atoms. The zero-order chi connectivity index (χ0) is 24.7. The summed E-state index contributed by atoms with van der Waals surface area (Å²) in [5.74, 6) is 0. The van der Waals surface area contributed by atoms with Gasteiger partial charge in [-0.25, -0.2) is 0 Å². The molecule has 2 saturated heterocycles. The Morgan fingerprint density at radius 1 is 0.909 bits per heavy atom. The van der Waals surface area contributed by atoms with Gasteiger partial charge in [0.25, 0.3) is 0 Å². The van der Waals surface area contributed by atoms with Crippen LogP contribution in [0.5, 0.6) is 0 Å². The molecule has 0 unspecified atom stereocenters. The highest BCUT2D eigenvalue weighted by Crippen LogP contribution is 2.31. The SMILES string of the molecule is CN[C@@H]1[C@H](O)[C@H](O[C@H]2[C@@H](O)[C@@H](O[C@@H]3O[C@H](CN)[C@H](O)[C@H](O)[C@@H]3O)[C@@H](N)C[C@H]2N)OC[C@]1(C)O. The van der Waals surface area contributed by atoms with Crippen molar-refractivity contribution in [3.8, 4) is 0 Å². The van der Waals surface area contributed by atoms with Crippen molar-refractivity contribution in [1.29, 1.82) is 0 Å². The molecular weight excluding hydrogens is 444 g/mol. The van der Waals surface area contributed by atoms with Gasteiger partial charge in [0, 0.05) is 18.6 Å². The number of nitrogens with one attached hydrogen (secondary N) is 1. The largest absolute Gasteiger partial charge is 0.388 e. The maximum Gasteiger partial charge on any atom is 0.187 e. The number of rotatable bonds is 6. The number of hydrogen-bond acceptors (Lipinski definition) is 14. The third-order valence-electron chi connectivity index (χ3n) is 6.69. The standard InChI is InChI=1S/C19H38N4O10/c1-19(29)5-30-17(13(28)16(19)23-2)32-14-6(21)3-7(22)15(12(14)27)33-18-11(26)10(25)9(24)8(4-20)31-18/h6-18,23-29H,3-5,20-22H2,1-2H3/t6-,7+,8-,9+,10+,11+,12-,13+,14-,15+,16-,17+,18+,19+/m1/s1. The summed E-state index contributed by atoms with van der Waals surface area (Å²) < 4.78 is 22.5. The topological polar surface area (TPSA) is 248 Å². The summed E-state index contributed by atoms with van der Waals surface area (Å²) in [5, 5.41) is 65.2. The Labute approximate surface area is 191 Å². The van der Waals surface area contributed by atoms with E-state index in [1.54, 1.807) is 7.05 Å². The number of aliphatic hydroxyl groups is 6. The van der Waals surface area contributed by atoms with Gasteiger partial charge in [0.05, 0.1) is 12.6 Å². The van der Waals surface area contributed by atoms with Crippen LogP contribution in [0.3, 0.4) is 0 Å². The number of likely N-dealkylation sites (N-methyl/N-ethyl adjacent to an activating group) is 1. The fourth-order valence-electron chi connectivity index (χ4n) is 4.74. The van der Waals surface area contributed by atoms with Crippen LogP contribution in [-0.2, 0) is 18.9 Å². The molecule has 0 radical (unpaired) electrons. The molecule has 0 amide bonds. The Kier molecular flexibility index (Phi) is 8.68. The molecule has 3 rings (SSSR count). The van der Waals surface area contributed by atoms with Crippen LogP contribution in [0, 0.1) is 0 Å². The Morgan fingerprint density at radius 2 is 1.48 bits per heavy atom. The first kappa shape index (κ1) is 27.0. The third kappa shape index (κ3) is 5.34. The van der Waals surface area contributed by atoms with Crippen LogP contribution >= 0.6 is 0 Å². The van der Waals surface area contributed by atoms with Gasteiger partial charge in [-0.15, -0.1) is 0 Å². The Hall–Kier alpha value is -0.560. The molecule has 194 valence electrons. The smallest absolute Gasteiger partial charge is 0.187 e. The van der Waals surface area contributed by atoms with E-state index in [0.717, 1.165) is 0 Å². The van der Waals surface area contributed by atoms with Gasteiger partial charge in [-0.1, -0.05) is 0 Å². The van der Waals surface area contributed by atoms with E-state index in [1.165, 1.54) is 6.92 Å². The average Bonchev–Trinajstić information content (AvgIpc) is 2.75. The Balaban J connectivity index is 1.71. The number of ether oxygens (including phenoxy) is 4. The number of nitrogens with two attached hydrogens (primary N) is 3. The zero-order valence-corrected chi connectivity index (χ0v) is 18.7. The quantitative estimate of drug-likeness (QED) is 0.169. The molecule has 0 aromatic carbocycles. The first-order chi connectivity index (χ1) is 15.4. The molecule has 0 spiro atoms. The van der Waals surface area contributed by atoms with Gasteiger partial charge in [0.1, 0.15) is 54.4 Å². The van der Waals surface area contributed by atoms with Crippen LogP contribution < -0.4 is 22.5 Å². The molecule has 3 aliphatic rings. The van der Waals surface area contributed by atoms with Crippen molar-refractivity contribution in [2.45, 2.75) is 98.5 Å². The minimum Gasteiger partial charge on any atom is -0.388 e. The summed E-state index contributed by atoms with van der Waals surface area (Å²) in [6.07, 6.45) is -13.0. The van der Waals surface area contributed by atoms with Crippen molar-refractivity contribution < 1.29 is 49.6 Å². The molecule has 14 atom stereocenters. The minimum absolute atomic E-state index is 0.138. The molecule has 0 aromatic rings. The van der Waals surface area contributed by atoms with Crippen molar-refractivity contribution in [2.24, 2.45) is 17.2 Å². The van der Waals surface area contributed by atoms with Gasteiger partial charge in [-0.05, 0) is 20.4 Å². The maximum atomic E-state index is 11.0. The van der Waals surface area contributed by atoms with Gasteiger partial charge in [0.15, 0.2) is 12.6 Å². The van der Waals surface area contributed by atoms with E-state index in [0.29, 0.717) is 0 Å². The fraction of sp³-hybridized carbons (Fsp3) is 1.00. The van der Waals surface area contributed by atoms with Crippen molar-refractivity contribution in [3.63, 3.8) is 0 Å². The van der Waals surface area contributed by atoms with Crippen molar-refractivity contribution in [3.05, 3.63) is 0 Å². The molecule has 2 aliphatic heterocycles. The van der Waals surface area contributed by atoms with Crippen LogP contribution in [0.4, 0.5) is 0 Å². The summed E-state index contributed by atoms with van der Waals surface area (Å²) in [6, 6.07) is -2.30. The van der Waals surface area contributed by atoms with Crippen LogP contribution in [0.1, 0.15) is 13.3 Å². The third-order valence-corrected chi connectivity index (χ3v) is 6.69. The summed E-state index contributed by atoms with van der Waals surface area (Å²) in [4.78, 5) is 0. The van der Waals surface area contributed by atoms with Gasteiger partial charge in [-0.2, -0.15) is 0 Å². The Morgan fingerprint density at radius 3 is 2.03 bits per heavy atom. The van der Waals surface area contributed by atoms with E-state index < -0.39 is 85.1 Å². The predicted octanol–water partition coefficient (Wildman–Crippen LogP) is -6.00. The first-order valence-electron chi connectivity index (χ1n) is 11.0. The maximum absolute atomic E-state index is 11.0. The normalized spacial score (nSPS) is 53.7.